The maximum Gasteiger partial charge on any atom is 0.147 e. The van der Waals surface area contributed by atoms with E-state index < -0.39 is 0 Å². The fraction of sp³-hybridized carbons (Fsp3) is 0.333. The largest absolute Gasteiger partial charge is 0.383 e. The van der Waals surface area contributed by atoms with Gasteiger partial charge in [-0.3, -0.25) is 0 Å². The molecule has 5 nitrogen and oxygen atoms in total. The minimum atomic E-state index is 0.0246. The maximum atomic E-state index is 6.26. The van der Waals surface area contributed by atoms with Crippen molar-refractivity contribution in [1.82, 2.24) is 14.5 Å². The number of nitrogens with zero attached hydrogens (tertiary/aromatic N) is 3. The summed E-state index contributed by atoms with van der Waals surface area (Å²) >= 11 is 0. The molecule has 0 saturated carbocycles. The second-order valence-electron chi connectivity index (χ2n) is 6.20. The third-order valence-corrected chi connectivity index (χ3v) is 4.48. The van der Waals surface area contributed by atoms with Crippen molar-refractivity contribution in [2.45, 2.75) is 38.5 Å². The molecule has 118 valence electrons. The molecule has 0 unspecified atom stereocenters. The predicted molar refractivity (Wildman–Crippen MR) is 90.0 cm³/mol. The topological polar surface area (TPSA) is 66.0 Å². The van der Waals surface area contributed by atoms with E-state index in [9.17, 15) is 0 Å². The first-order valence-electron chi connectivity index (χ1n) is 7.99. The number of benzene rings is 1. The van der Waals surface area contributed by atoms with Gasteiger partial charge in [-0.15, -0.1) is 0 Å². The summed E-state index contributed by atoms with van der Waals surface area (Å²) in [5.41, 5.74) is 9.38. The molecule has 4 rings (SSSR count). The van der Waals surface area contributed by atoms with E-state index in [1.807, 2.05) is 12.3 Å². The molecule has 1 aromatic carbocycles. The van der Waals surface area contributed by atoms with Crippen molar-refractivity contribution in [1.29, 1.82) is 0 Å². The molecule has 0 amide bonds. The summed E-state index contributed by atoms with van der Waals surface area (Å²) in [6.07, 6.45) is 6.77. The van der Waals surface area contributed by atoms with Crippen LogP contribution in [0.15, 0.2) is 42.9 Å². The maximum absolute atomic E-state index is 6.26. The van der Waals surface area contributed by atoms with Gasteiger partial charge in [0.1, 0.15) is 24.0 Å². The van der Waals surface area contributed by atoms with Gasteiger partial charge in [-0.05, 0) is 37.8 Å². The Hall–Kier alpha value is -2.40. The van der Waals surface area contributed by atoms with E-state index >= 15 is 0 Å². The number of nitrogens with two attached hydrogens (primary N) is 1. The third-order valence-electron chi connectivity index (χ3n) is 4.48. The number of anilines is 1. The van der Waals surface area contributed by atoms with Gasteiger partial charge in [0.2, 0.25) is 0 Å². The quantitative estimate of drug-likeness (QED) is 0.806. The molecular weight excluding hydrogens is 288 g/mol. The molecule has 0 radical (unpaired) electrons. The molecule has 1 aliphatic rings. The Morgan fingerprint density at radius 1 is 1.26 bits per heavy atom. The summed E-state index contributed by atoms with van der Waals surface area (Å²) in [4.78, 5) is 8.40. The van der Waals surface area contributed by atoms with Crippen LogP contribution in [0.2, 0.25) is 0 Å². The zero-order valence-electron chi connectivity index (χ0n) is 13.1. The molecule has 1 aliphatic heterocycles. The lowest BCUT2D eigenvalue weighted by atomic mass is 10.0. The lowest BCUT2D eigenvalue weighted by molar-refractivity contribution is 0.00505. The van der Waals surface area contributed by atoms with Crippen molar-refractivity contribution in [3.05, 3.63) is 54.0 Å². The van der Waals surface area contributed by atoms with Gasteiger partial charge in [0, 0.05) is 6.20 Å². The molecule has 2 N–H and O–H groups in total. The predicted octanol–water partition coefficient (Wildman–Crippen LogP) is 3.24. The molecule has 3 heterocycles. The highest BCUT2D eigenvalue weighted by Gasteiger charge is 2.27. The molecule has 0 bridgehead atoms. The van der Waals surface area contributed by atoms with Crippen LogP contribution >= 0.6 is 0 Å². The smallest absolute Gasteiger partial charge is 0.147 e. The number of fused-ring (bicyclic) bond motifs is 1. The van der Waals surface area contributed by atoms with E-state index in [-0.39, 0.29) is 12.3 Å². The molecule has 1 saturated heterocycles. The summed E-state index contributed by atoms with van der Waals surface area (Å²) in [7, 11) is 0. The van der Waals surface area contributed by atoms with Crippen LogP contribution < -0.4 is 5.73 Å². The van der Waals surface area contributed by atoms with Gasteiger partial charge < -0.3 is 15.0 Å². The van der Waals surface area contributed by atoms with E-state index in [1.54, 1.807) is 0 Å². The SMILES string of the molecule is Cc1cccc(C[C@@H]2CC[C@H](n3ccc4c(N)ncnc43)O2)c1. The molecule has 1 fully saturated rings. The van der Waals surface area contributed by atoms with Crippen LogP contribution in [0.5, 0.6) is 0 Å². The Morgan fingerprint density at radius 3 is 3.04 bits per heavy atom. The van der Waals surface area contributed by atoms with Crippen LogP contribution in [0.4, 0.5) is 5.82 Å². The van der Waals surface area contributed by atoms with E-state index in [4.69, 9.17) is 10.5 Å². The second kappa shape index (κ2) is 5.66. The average molecular weight is 308 g/mol. The standard InChI is InChI=1S/C18H20N4O/c1-12-3-2-4-13(9-12)10-14-5-6-16(23-14)22-8-7-15-17(19)20-11-21-18(15)22/h2-4,7-9,11,14,16H,5-6,10H2,1H3,(H2,19,20,21)/t14-,16+/m0/s1. The highest BCUT2D eigenvalue weighted by molar-refractivity contribution is 5.86. The number of aryl methyl sites for hydroxylation is 1. The molecular formula is C18H20N4O. The normalized spacial score (nSPS) is 21.1. The number of hydrogen-bond donors (Lipinski definition) is 1. The van der Waals surface area contributed by atoms with E-state index in [0.717, 1.165) is 30.3 Å². The molecule has 0 aliphatic carbocycles. The molecule has 5 heteroatoms. The van der Waals surface area contributed by atoms with E-state index in [1.165, 1.54) is 17.5 Å². The molecule has 2 aromatic heterocycles. The first kappa shape index (κ1) is 14.2. The highest BCUT2D eigenvalue weighted by Crippen LogP contribution is 2.33. The molecule has 2 atom stereocenters. The number of nitrogen functional groups attached to an aromatic ring is 1. The van der Waals surface area contributed by atoms with Crippen LogP contribution in [0.3, 0.4) is 0 Å². The van der Waals surface area contributed by atoms with Crippen molar-refractivity contribution < 1.29 is 4.74 Å². The highest BCUT2D eigenvalue weighted by atomic mass is 16.5. The van der Waals surface area contributed by atoms with Crippen molar-refractivity contribution >= 4 is 16.9 Å². The number of ether oxygens (including phenoxy) is 1. The van der Waals surface area contributed by atoms with Crippen LogP contribution in [0.1, 0.15) is 30.2 Å². The lowest BCUT2D eigenvalue weighted by Gasteiger charge is -2.16. The monoisotopic (exact) mass is 308 g/mol. The third kappa shape index (κ3) is 2.68. The first-order chi connectivity index (χ1) is 11.2. The molecule has 0 spiro atoms. The Morgan fingerprint density at radius 2 is 2.17 bits per heavy atom. The Balaban J connectivity index is 1.52. The van der Waals surface area contributed by atoms with Gasteiger partial charge >= 0.3 is 0 Å². The summed E-state index contributed by atoms with van der Waals surface area (Å²) in [5, 5.41) is 0.887. The fourth-order valence-electron chi connectivity index (χ4n) is 3.37. The van der Waals surface area contributed by atoms with Crippen molar-refractivity contribution in [2.75, 3.05) is 5.73 Å². The molecule has 23 heavy (non-hydrogen) atoms. The Labute approximate surface area is 135 Å². The van der Waals surface area contributed by atoms with E-state index in [0.29, 0.717) is 5.82 Å². The summed E-state index contributed by atoms with van der Waals surface area (Å²) in [6, 6.07) is 10.6. The summed E-state index contributed by atoms with van der Waals surface area (Å²) < 4.78 is 8.33. The lowest BCUT2D eigenvalue weighted by Crippen LogP contribution is -2.13. The number of hydrogen-bond acceptors (Lipinski definition) is 4. The number of aromatic nitrogens is 3. The average Bonchev–Trinajstić information content (AvgIpc) is 3.14. The van der Waals surface area contributed by atoms with Crippen LogP contribution in [-0.4, -0.2) is 20.6 Å². The summed E-state index contributed by atoms with van der Waals surface area (Å²) in [6.45, 7) is 2.12. The second-order valence-corrected chi connectivity index (χ2v) is 6.20. The van der Waals surface area contributed by atoms with Crippen molar-refractivity contribution in [3.8, 4) is 0 Å². The number of rotatable bonds is 3. The fourth-order valence-corrected chi connectivity index (χ4v) is 3.37. The first-order valence-corrected chi connectivity index (χ1v) is 7.99. The van der Waals surface area contributed by atoms with Gasteiger partial charge in [0.05, 0.1) is 11.5 Å². The molecule has 3 aromatic rings. The van der Waals surface area contributed by atoms with E-state index in [2.05, 4.69) is 45.7 Å². The van der Waals surface area contributed by atoms with Crippen LogP contribution in [0.25, 0.3) is 11.0 Å². The van der Waals surface area contributed by atoms with Crippen molar-refractivity contribution in [2.24, 2.45) is 0 Å². The Bertz CT molecular complexity index is 842. The van der Waals surface area contributed by atoms with Gasteiger partial charge in [-0.25, -0.2) is 9.97 Å². The zero-order chi connectivity index (χ0) is 15.8. The van der Waals surface area contributed by atoms with Crippen LogP contribution in [0, 0.1) is 6.92 Å². The summed E-state index contributed by atoms with van der Waals surface area (Å²) in [5.74, 6) is 0.517. The Kier molecular flexibility index (Phi) is 3.50. The van der Waals surface area contributed by atoms with Gasteiger partial charge in [0.25, 0.3) is 0 Å². The zero-order valence-corrected chi connectivity index (χ0v) is 13.1. The van der Waals surface area contributed by atoms with Gasteiger partial charge in [0.15, 0.2) is 0 Å². The van der Waals surface area contributed by atoms with Gasteiger partial charge in [-0.1, -0.05) is 29.8 Å². The van der Waals surface area contributed by atoms with Crippen LogP contribution in [-0.2, 0) is 11.2 Å². The van der Waals surface area contributed by atoms with Crippen molar-refractivity contribution in [3.63, 3.8) is 0 Å². The van der Waals surface area contributed by atoms with Gasteiger partial charge in [-0.2, -0.15) is 0 Å². The minimum Gasteiger partial charge on any atom is -0.383 e. The minimum absolute atomic E-state index is 0.0246.